The second-order valence-electron chi connectivity index (χ2n) is 8.78. The Hall–Kier alpha value is -4.36. The molecule has 34 heavy (non-hydrogen) atoms. The summed E-state index contributed by atoms with van der Waals surface area (Å²) in [5, 5.41) is 3.60. The van der Waals surface area contributed by atoms with E-state index in [-0.39, 0.29) is 0 Å². The van der Waals surface area contributed by atoms with Crippen LogP contribution in [0.1, 0.15) is 27.8 Å². The first-order valence-electron chi connectivity index (χ1n) is 11.7. The van der Waals surface area contributed by atoms with Crippen molar-refractivity contribution in [2.75, 3.05) is 5.32 Å². The van der Waals surface area contributed by atoms with Gasteiger partial charge in [0.2, 0.25) is 0 Å². The number of nitrogens with one attached hydrogen (secondary N) is 1. The molecule has 0 spiro atoms. The molecule has 5 aromatic rings. The van der Waals surface area contributed by atoms with Crippen LogP contribution < -0.4 is 5.32 Å². The van der Waals surface area contributed by atoms with E-state index in [1.165, 1.54) is 50.1 Å². The standard InChI is InChI=1S/C33H25N/c1-23-16-18-26(19-17-23)34-27-20-21-29-28-14-8-9-15-30(28)33(31(29)22-27)32(24-10-4-2-5-11-24)25-12-6-3-7-13-25/h2-22,34H,1H3. The van der Waals surface area contributed by atoms with Crippen LogP contribution >= 0.6 is 0 Å². The van der Waals surface area contributed by atoms with Crippen molar-refractivity contribution in [1.82, 2.24) is 0 Å². The van der Waals surface area contributed by atoms with Gasteiger partial charge in [0.1, 0.15) is 0 Å². The molecule has 1 nitrogen and oxygen atoms in total. The van der Waals surface area contributed by atoms with Crippen LogP contribution in [0.3, 0.4) is 0 Å². The van der Waals surface area contributed by atoms with Crippen LogP contribution in [0.4, 0.5) is 11.4 Å². The molecule has 0 heterocycles. The number of hydrogen-bond acceptors (Lipinski definition) is 1. The van der Waals surface area contributed by atoms with Gasteiger partial charge in [0.15, 0.2) is 0 Å². The third kappa shape index (κ3) is 3.62. The Labute approximate surface area is 201 Å². The molecule has 0 saturated heterocycles. The summed E-state index contributed by atoms with van der Waals surface area (Å²) in [4.78, 5) is 0. The van der Waals surface area contributed by atoms with Gasteiger partial charge in [-0.2, -0.15) is 0 Å². The lowest BCUT2D eigenvalue weighted by molar-refractivity contribution is 1.45. The Bertz CT molecular complexity index is 1450. The van der Waals surface area contributed by atoms with E-state index in [0.29, 0.717) is 0 Å². The van der Waals surface area contributed by atoms with Gasteiger partial charge in [0.25, 0.3) is 0 Å². The lowest BCUT2D eigenvalue weighted by Gasteiger charge is -2.16. The number of hydrogen-bond donors (Lipinski definition) is 1. The van der Waals surface area contributed by atoms with Gasteiger partial charge >= 0.3 is 0 Å². The van der Waals surface area contributed by atoms with Gasteiger partial charge in [-0.25, -0.2) is 0 Å². The molecular weight excluding hydrogens is 410 g/mol. The highest BCUT2D eigenvalue weighted by Gasteiger charge is 2.27. The van der Waals surface area contributed by atoms with Crippen LogP contribution in [0.15, 0.2) is 127 Å². The maximum absolute atomic E-state index is 3.60. The Morgan fingerprint density at radius 1 is 0.471 bits per heavy atom. The number of benzene rings is 5. The van der Waals surface area contributed by atoms with E-state index < -0.39 is 0 Å². The quantitative estimate of drug-likeness (QED) is 0.292. The van der Waals surface area contributed by atoms with E-state index in [1.807, 2.05) is 0 Å². The minimum absolute atomic E-state index is 1.09. The Balaban J connectivity index is 1.60. The van der Waals surface area contributed by atoms with Crippen molar-refractivity contribution in [1.29, 1.82) is 0 Å². The Morgan fingerprint density at radius 3 is 1.65 bits per heavy atom. The van der Waals surface area contributed by atoms with Gasteiger partial charge < -0.3 is 5.32 Å². The highest BCUT2D eigenvalue weighted by atomic mass is 14.9. The monoisotopic (exact) mass is 435 g/mol. The van der Waals surface area contributed by atoms with E-state index in [1.54, 1.807) is 0 Å². The third-order valence-corrected chi connectivity index (χ3v) is 6.49. The van der Waals surface area contributed by atoms with Crippen molar-refractivity contribution in [3.63, 3.8) is 0 Å². The average Bonchev–Trinajstić information content (AvgIpc) is 3.21. The van der Waals surface area contributed by atoms with Crippen LogP contribution in [-0.2, 0) is 0 Å². The van der Waals surface area contributed by atoms with Crippen LogP contribution in [0.2, 0.25) is 0 Å². The molecule has 5 aromatic carbocycles. The molecule has 0 bridgehead atoms. The fourth-order valence-corrected chi connectivity index (χ4v) is 4.88. The lowest BCUT2D eigenvalue weighted by Crippen LogP contribution is -1.96. The fraction of sp³-hybridized carbons (Fsp3) is 0.0303. The summed E-state index contributed by atoms with van der Waals surface area (Å²) in [6.45, 7) is 2.11. The van der Waals surface area contributed by atoms with Crippen molar-refractivity contribution >= 4 is 22.5 Å². The molecule has 162 valence electrons. The molecule has 0 aromatic heterocycles. The molecule has 0 aliphatic heterocycles. The molecular formula is C33H25N. The molecule has 1 N–H and O–H groups in total. The largest absolute Gasteiger partial charge is 0.356 e. The second-order valence-corrected chi connectivity index (χ2v) is 8.78. The second kappa shape index (κ2) is 8.53. The minimum atomic E-state index is 1.09. The highest BCUT2D eigenvalue weighted by molar-refractivity contribution is 6.14. The van der Waals surface area contributed by atoms with Crippen molar-refractivity contribution in [3.05, 3.63) is 155 Å². The van der Waals surface area contributed by atoms with E-state index in [0.717, 1.165) is 11.4 Å². The maximum atomic E-state index is 3.60. The van der Waals surface area contributed by atoms with Crippen molar-refractivity contribution in [2.45, 2.75) is 6.92 Å². The molecule has 0 unspecified atom stereocenters. The first-order chi connectivity index (χ1) is 16.8. The summed E-state index contributed by atoms with van der Waals surface area (Å²) in [5.41, 5.74) is 13.6. The predicted octanol–water partition coefficient (Wildman–Crippen LogP) is 8.73. The summed E-state index contributed by atoms with van der Waals surface area (Å²) in [5.74, 6) is 0. The van der Waals surface area contributed by atoms with Gasteiger partial charge in [0, 0.05) is 11.4 Å². The Kier molecular flexibility index (Phi) is 5.08. The van der Waals surface area contributed by atoms with E-state index in [2.05, 4.69) is 140 Å². The molecule has 0 radical (unpaired) electrons. The summed E-state index contributed by atoms with van der Waals surface area (Å²) in [7, 11) is 0. The zero-order valence-electron chi connectivity index (χ0n) is 19.1. The molecule has 6 rings (SSSR count). The SMILES string of the molecule is Cc1ccc(Nc2ccc3c(c2)C(=C(c2ccccc2)c2ccccc2)c2ccccc2-3)cc1. The van der Waals surface area contributed by atoms with Gasteiger partial charge in [-0.15, -0.1) is 0 Å². The zero-order valence-corrected chi connectivity index (χ0v) is 19.1. The maximum Gasteiger partial charge on any atom is 0.0390 e. The van der Waals surface area contributed by atoms with E-state index in [9.17, 15) is 0 Å². The molecule has 1 aliphatic carbocycles. The van der Waals surface area contributed by atoms with E-state index >= 15 is 0 Å². The molecule has 0 saturated carbocycles. The molecule has 0 fully saturated rings. The third-order valence-electron chi connectivity index (χ3n) is 6.49. The molecule has 0 atom stereocenters. The average molecular weight is 436 g/mol. The summed E-state index contributed by atoms with van der Waals surface area (Å²) in [6.07, 6.45) is 0. The van der Waals surface area contributed by atoms with Gasteiger partial charge in [0.05, 0.1) is 0 Å². The number of anilines is 2. The van der Waals surface area contributed by atoms with E-state index in [4.69, 9.17) is 0 Å². The highest BCUT2D eigenvalue weighted by Crippen LogP contribution is 2.49. The summed E-state index contributed by atoms with van der Waals surface area (Å²) in [6, 6.07) is 45.5. The molecule has 1 aliphatic rings. The van der Waals surface area contributed by atoms with Gasteiger partial charge in [-0.1, -0.05) is 109 Å². The van der Waals surface area contributed by atoms with Crippen LogP contribution in [0.5, 0.6) is 0 Å². The minimum Gasteiger partial charge on any atom is -0.356 e. The van der Waals surface area contributed by atoms with Crippen LogP contribution in [-0.4, -0.2) is 0 Å². The predicted molar refractivity (Wildman–Crippen MR) is 144 cm³/mol. The summed E-state index contributed by atoms with van der Waals surface area (Å²) < 4.78 is 0. The fourth-order valence-electron chi connectivity index (χ4n) is 4.88. The first kappa shape index (κ1) is 20.3. The lowest BCUT2D eigenvalue weighted by atomic mass is 9.88. The van der Waals surface area contributed by atoms with Crippen LogP contribution in [0, 0.1) is 6.92 Å². The normalized spacial score (nSPS) is 11.6. The van der Waals surface area contributed by atoms with Crippen molar-refractivity contribution < 1.29 is 0 Å². The summed E-state index contributed by atoms with van der Waals surface area (Å²) >= 11 is 0. The smallest absolute Gasteiger partial charge is 0.0390 e. The van der Waals surface area contributed by atoms with Crippen molar-refractivity contribution in [3.8, 4) is 11.1 Å². The molecule has 0 amide bonds. The number of fused-ring (bicyclic) bond motifs is 3. The van der Waals surface area contributed by atoms with Gasteiger partial charge in [-0.05, 0) is 75.7 Å². The van der Waals surface area contributed by atoms with Crippen molar-refractivity contribution in [2.24, 2.45) is 0 Å². The molecule has 1 heteroatoms. The number of aryl methyl sites for hydroxylation is 1. The van der Waals surface area contributed by atoms with Crippen LogP contribution in [0.25, 0.3) is 22.3 Å². The van der Waals surface area contributed by atoms with Gasteiger partial charge in [-0.3, -0.25) is 0 Å². The topological polar surface area (TPSA) is 12.0 Å². The number of rotatable bonds is 4. The Morgan fingerprint density at radius 2 is 1.00 bits per heavy atom. The zero-order chi connectivity index (χ0) is 22.9. The first-order valence-corrected chi connectivity index (χ1v) is 11.7.